The number of nitrogens with one attached hydrogen (secondary N) is 1. The molecule has 1 atom stereocenters. The lowest BCUT2D eigenvalue weighted by atomic mass is 10.1. The zero-order valence-electron chi connectivity index (χ0n) is 14.6. The van der Waals surface area contributed by atoms with E-state index in [0.29, 0.717) is 17.0 Å². The zero-order chi connectivity index (χ0) is 17.6. The maximum Gasteiger partial charge on any atom is 0.256 e. The van der Waals surface area contributed by atoms with Crippen molar-refractivity contribution >= 4 is 23.4 Å². The second kappa shape index (κ2) is 8.41. The van der Waals surface area contributed by atoms with E-state index >= 15 is 0 Å². The minimum atomic E-state index is -0.126. The lowest BCUT2D eigenvalue weighted by Crippen LogP contribution is -2.14. The van der Waals surface area contributed by atoms with Crippen LogP contribution in [0.3, 0.4) is 0 Å². The van der Waals surface area contributed by atoms with Crippen LogP contribution in [0.2, 0.25) is 0 Å². The largest absolute Gasteiger partial charge is 0.495 e. The molecule has 0 bridgehead atoms. The molecule has 1 unspecified atom stereocenters. The van der Waals surface area contributed by atoms with E-state index in [2.05, 4.69) is 5.32 Å². The van der Waals surface area contributed by atoms with Crippen molar-refractivity contribution in [1.29, 1.82) is 0 Å². The van der Waals surface area contributed by atoms with E-state index in [1.807, 2.05) is 49.4 Å². The summed E-state index contributed by atoms with van der Waals surface area (Å²) < 4.78 is 11.0. The van der Waals surface area contributed by atoms with Crippen LogP contribution >= 0.6 is 11.8 Å². The third-order valence-corrected chi connectivity index (χ3v) is 5.39. The van der Waals surface area contributed by atoms with Crippen molar-refractivity contribution in [3.63, 3.8) is 0 Å². The van der Waals surface area contributed by atoms with Gasteiger partial charge in [-0.25, -0.2) is 0 Å². The SMILES string of the molecule is COc1ccc(C)cc1NC(=O)c1ccccc1SCC1CCCO1. The quantitative estimate of drug-likeness (QED) is 0.772. The second-order valence-corrected chi connectivity index (χ2v) is 7.16. The molecule has 2 aromatic carbocycles. The summed E-state index contributed by atoms with van der Waals surface area (Å²) in [5.41, 5.74) is 2.43. The van der Waals surface area contributed by atoms with Crippen LogP contribution in [0.5, 0.6) is 5.75 Å². The van der Waals surface area contributed by atoms with Gasteiger partial charge in [-0.15, -0.1) is 11.8 Å². The minimum Gasteiger partial charge on any atom is -0.495 e. The van der Waals surface area contributed by atoms with Gasteiger partial charge in [0.1, 0.15) is 5.75 Å². The highest BCUT2D eigenvalue weighted by Gasteiger charge is 2.18. The molecule has 1 heterocycles. The molecule has 5 heteroatoms. The highest BCUT2D eigenvalue weighted by molar-refractivity contribution is 7.99. The van der Waals surface area contributed by atoms with Crippen molar-refractivity contribution in [2.75, 3.05) is 24.8 Å². The molecule has 0 aliphatic carbocycles. The third-order valence-electron chi connectivity index (χ3n) is 4.18. The normalized spacial score (nSPS) is 16.6. The average molecular weight is 357 g/mol. The van der Waals surface area contributed by atoms with Crippen molar-refractivity contribution in [2.45, 2.75) is 30.8 Å². The fraction of sp³-hybridized carbons (Fsp3) is 0.350. The van der Waals surface area contributed by atoms with E-state index < -0.39 is 0 Å². The number of hydrogen-bond acceptors (Lipinski definition) is 4. The molecule has 4 nitrogen and oxygen atoms in total. The maximum atomic E-state index is 12.8. The molecular formula is C20H23NO3S. The summed E-state index contributed by atoms with van der Waals surface area (Å²) in [4.78, 5) is 13.8. The first-order valence-corrected chi connectivity index (χ1v) is 9.45. The van der Waals surface area contributed by atoms with E-state index in [1.54, 1.807) is 18.9 Å². The van der Waals surface area contributed by atoms with Crippen molar-refractivity contribution in [3.05, 3.63) is 53.6 Å². The molecule has 0 saturated carbocycles. The Hall–Kier alpha value is -1.98. The Morgan fingerprint density at radius 2 is 2.16 bits per heavy atom. The van der Waals surface area contributed by atoms with Gasteiger partial charge >= 0.3 is 0 Å². The van der Waals surface area contributed by atoms with Gasteiger partial charge in [0, 0.05) is 17.3 Å². The average Bonchev–Trinajstić information content (AvgIpc) is 3.14. The van der Waals surface area contributed by atoms with Gasteiger partial charge in [-0.2, -0.15) is 0 Å². The van der Waals surface area contributed by atoms with Gasteiger partial charge in [0.15, 0.2) is 0 Å². The number of ether oxygens (including phenoxy) is 2. The number of amides is 1. The van der Waals surface area contributed by atoms with Crippen molar-refractivity contribution in [2.24, 2.45) is 0 Å². The number of methoxy groups -OCH3 is 1. The first-order valence-electron chi connectivity index (χ1n) is 8.47. The van der Waals surface area contributed by atoms with Crippen molar-refractivity contribution < 1.29 is 14.3 Å². The summed E-state index contributed by atoms with van der Waals surface area (Å²) in [6.07, 6.45) is 2.51. The monoisotopic (exact) mass is 357 g/mol. The Kier molecular flexibility index (Phi) is 6.00. The van der Waals surface area contributed by atoms with Crippen LogP contribution in [0, 0.1) is 6.92 Å². The highest BCUT2D eigenvalue weighted by Crippen LogP contribution is 2.29. The van der Waals surface area contributed by atoms with Gasteiger partial charge in [-0.05, 0) is 49.6 Å². The van der Waals surface area contributed by atoms with Gasteiger partial charge in [0.25, 0.3) is 5.91 Å². The fourth-order valence-electron chi connectivity index (χ4n) is 2.85. The number of rotatable bonds is 6. The summed E-state index contributed by atoms with van der Waals surface area (Å²) in [7, 11) is 1.60. The first-order chi connectivity index (χ1) is 12.2. The van der Waals surface area contributed by atoms with Gasteiger partial charge in [0.2, 0.25) is 0 Å². The molecule has 0 spiro atoms. The van der Waals surface area contributed by atoms with Crippen LogP contribution < -0.4 is 10.1 Å². The molecule has 3 rings (SSSR count). The molecule has 1 aliphatic rings. The third kappa shape index (κ3) is 4.55. The van der Waals surface area contributed by atoms with Gasteiger partial charge in [-0.3, -0.25) is 4.79 Å². The van der Waals surface area contributed by atoms with E-state index in [4.69, 9.17) is 9.47 Å². The standard InChI is InChI=1S/C20H23NO3S/c1-14-9-10-18(23-2)17(12-14)21-20(22)16-7-3-4-8-19(16)25-13-15-6-5-11-24-15/h3-4,7-10,12,15H,5-6,11,13H2,1-2H3,(H,21,22). The summed E-state index contributed by atoms with van der Waals surface area (Å²) in [6.45, 7) is 2.83. The summed E-state index contributed by atoms with van der Waals surface area (Å²) in [6, 6.07) is 13.4. The van der Waals surface area contributed by atoms with Crippen LogP contribution in [-0.4, -0.2) is 31.5 Å². The Labute approximate surface area is 152 Å². The predicted octanol–water partition coefficient (Wildman–Crippen LogP) is 4.53. The molecule has 1 N–H and O–H groups in total. The number of carbonyl (C=O) groups is 1. The number of hydrogen-bond donors (Lipinski definition) is 1. The molecule has 1 fully saturated rings. The molecule has 1 amide bonds. The van der Waals surface area contributed by atoms with Gasteiger partial charge in [-0.1, -0.05) is 18.2 Å². The zero-order valence-corrected chi connectivity index (χ0v) is 15.4. The number of carbonyl (C=O) groups excluding carboxylic acids is 1. The molecule has 1 aliphatic heterocycles. The van der Waals surface area contributed by atoms with E-state index in [1.165, 1.54) is 0 Å². The van der Waals surface area contributed by atoms with Gasteiger partial charge in [0.05, 0.1) is 24.5 Å². The van der Waals surface area contributed by atoms with E-state index in [-0.39, 0.29) is 12.0 Å². The summed E-state index contributed by atoms with van der Waals surface area (Å²) in [5.74, 6) is 1.40. The maximum absolute atomic E-state index is 12.8. The van der Waals surface area contributed by atoms with Crippen LogP contribution in [0.25, 0.3) is 0 Å². The molecule has 1 saturated heterocycles. The number of thioether (sulfide) groups is 1. The van der Waals surface area contributed by atoms with Crippen LogP contribution in [0.4, 0.5) is 5.69 Å². The van der Waals surface area contributed by atoms with Crippen LogP contribution in [0.15, 0.2) is 47.4 Å². The highest BCUT2D eigenvalue weighted by atomic mass is 32.2. The first kappa shape index (κ1) is 17.8. The van der Waals surface area contributed by atoms with Crippen LogP contribution in [0.1, 0.15) is 28.8 Å². The van der Waals surface area contributed by atoms with Crippen LogP contribution in [-0.2, 0) is 4.74 Å². The second-order valence-electron chi connectivity index (χ2n) is 6.10. The van der Waals surface area contributed by atoms with Crippen molar-refractivity contribution in [3.8, 4) is 5.75 Å². The lowest BCUT2D eigenvalue weighted by Gasteiger charge is -2.14. The lowest BCUT2D eigenvalue weighted by molar-refractivity contribution is 0.102. The topological polar surface area (TPSA) is 47.6 Å². The fourth-order valence-corrected chi connectivity index (χ4v) is 3.97. The Bertz CT molecular complexity index is 741. The smallest absolute Gasteiger partial charge is 0.256 e. The van der Waals surface area contributed by atoms with Gasteiger partial charge < -0.3 is 14.8 Å². The van der Waals surface area contributed by atoms with E-state index in [9.17, 15) is 4.79 Å². The van der Waals surface area contributed by atoms with E-state index in [0.717, 1.165) is 35.7 Å². The molecular weight excluding hydrogens is 334 g/mol. The number of aryl methyl sites for hydroxylation is 1. The predicted molar refractivity (Wildman–Crippen MR) is 102 cm³/mol. The number of anilines is 1. The molecule has 25 heavy (non-hydrogen) atoms. The molecule has 2 aromatic rings. The minimum absolute atomic E-state index is 0.126. The van der Waals surface area contributed by atoms with Crippen molar-refractivity contribution in [1.82, 2.24) is 0 Å². The Morgan fingerprint density at radius 3 is 2.92 bits per heavy atom. The molecule has 0 aromatic heterocycles. The Morgan fingerprint density at radius 1 is 1.32 bits per heavy atom. The summed E-state index contributed by atoms with van der Waals surface area (Å²) in [5, 5.41) is 2.98. The number of benzene rings is 2. The molecule has 0 radical (unpaired) electrons. The Balaban J connectivity index is 1.74. The summed E-state index contributed by atoms with van der Waals surface area (Å²) >= 11 is 1.68. The molecule has 132 valence electrons.